The second-order valence-corrected chi connectivity index (χ2v) is 4.85. The van der Waals surface area contributed by atoms with E-state index in [0.717, 1.165) is 0 Å². The number of ether oxygens (including phenoxy) is 1. The fourth-order valence-electron chi connectivity index (χ4n) is 1.78. The predicted octanol–water partition coefficient (Wildman–Crippen LogP) is 2.53. The summed E-state index contributed by atoms with van der Waals surface area (Å²) in [6.45, 7) is 0. The number of amides is 1. The maximum absolute atomic E-state index is 11.8. The molecule has 2 aromatic carbocycles. The second-order valence-electron chi connectivity index (χ2n) is 4.44. The van der Waals surface area contributed by atoms with Crippen molar-refractivity contribution in [1.82, 2.24) is 5.43 Å². The fourth-order valence-corrected chi connectivity index (χ4v) is 2.05. The van der Waals surface area contributed by atoms with E-state index in [1.807, 2.05) is 0 Å². The van der Waals surface area contributed by atoms with Gasteiger partial charge in [-0.1, -0.05) is 41.9 Å². The summed E-state index contributed by atoms with van der Waals surface area (Å²) in [6.07, 6.45) is 0.166. The largest absolute Gasteiger partial charge is 0.495 e. The number of nitrogens with one attached hydrogen (secondary N) is 1. The highest BCUT2D eigenvalue weighted by atomic mass is 35.5. The van der Waals surface area contributed by atoms with Crippen LogP contribution in [0.4, 0.5) is 0 Å². The minimum atomic E-state index is -1.27. The molecule has 0 fully saturated rings. The lowest BCUT2D eigenvalue weighted by Crippen LogP contribution is -2.25. The normalized spacial score (nSPS) is 12.1. The molecule has 0 spiro atoms. The van der Waals surface area contributed by atoms with Crippen molar-refractivity contribution in [3.05, 3.63) is 64.7 Å². The first kappa shape index (κ1) is 16.0. The number of hydrazone groups is 1. The van der Waals surface area contributed by atoms with Gasteiger partial charge >= 0.3 is 0 Å². The smallest absolute Gasteiger partial charge is 0.273 e. The molecule has 0 aromatic heterocycles. The number of nitrogens with zero attached hydrogens (tertiary/aromatic N) is 1. The van der Waals surface area contributed by atoms with E-state index in [1.54, 1.807) is 48.5 Å². The molecule has 0 saturated heterocycles. The van der Waals surface area contributed by atoms with Crippen LogP contribution >= 0.6 is 11.6 Å². The molecule has 2 aromatic rings. The van der Waals surface area contributed by atoms with Gasteiger partial charge in [-0.15, -0.1) is 0 Å². The van der Waals surface area contributed by atoms with E-state index >= 15 is 0 Å². The lowest BCUT2D eigenvalue weighted by molar-refractivity contribution is -0.129. The number of rotatable bonds is 5. The molecule has 0 aliphatic heterocycles. The molecule has 0 saturated carbocycles. The molecule has 5 nitrogen and oxygen atoms in total. The molecule has 2 N–H and O–H groups in total. The summed E-state index contributed by atoms with van der Waals surface area (Å²) >= 11 is 5.99. The van der Waals surface area contributed by atoms with Gasteiger partial charge in [0.15, 0.2) is 6.10 Å². The van der Waals surface area contributed by atoms with Crippen LogP contribution in [0, 0.1) is 0 Å². The molecule has 1 amide bonds. The highest BCUT2D eigenvalue weighted by Gasteiger charge is 2.15. The van der Waals surface area contributed by atoms with Gasteiger partial charge in [-0.2, -0.15) is 5.10 Å². The van der Waals surface area contributed by atoms with E-state index in [-0.39, 0.29) is 0 Å². The number of methoxy groups -OCH3 is 1. The Balaban J connectivity index is 1.97. The Morgan fingerprint density at radius 3 is 2.68 bits per heavy atom. The van der Waals surface area contributed by atoms with Crippen molar-refractivity contribution in [2.45, 2.75) is 6.10 Å². The van der Waals surface area contributed by atoms with Crippen LogP contribution < -0.4 is 10.2 Å². The minimum Gasteiger partial charge on any atom is -0.495 e. The molecule has 0 aliphatic carbocycles. The fraction of sp³-hybridized carbons (Fsp3) is 0.125. The molecule has 0 heterocycles. The first-order chi connectivity index (χ1) is 10.6. The number of carbonyl (C=O) groups excluding carboxylic acids is 1. The second kappa shape index (κ2) is 7.59. The van der Waals surface area contributed by atoms with Crippen LogP contribution in [0.1, 0.15) is 17.2 Å². The van der Waals surface area contributed by atoms with Gasteiger partial charge in [0.25, 0.3) is 5.91 Å². The van der Waals surface area contributed by atoms with E-state index in [9.17, 15) is 9.90 Å². The molecule has 0 radical (unpaired) electrons. The Bertz CT molecular complexity index is 674. The molecule has 0 unspecified atom stereocenters. The van der Waals surface area contributed by atoms with Crippen molar-refractivity contribution < 1.29 is 14.6 Å². The molecule has 1 atom stereocenters. The minimum absolute atomic E-state index is 0.446. The maximum atomic E-state index is 11.8. The van der Waals surface area contributed by atoms with Gasteiger partial charge in [0.05, 0.1) is 18.3 Å². The van der Waals surface area contributed by atoms with Crippen LogP contribution in [0.3, 0.4) is 0 Å². The molecular weight excluding hydrogens is 304 g/mol. The molecular formula is C16H15ClN2O3. The molecule has 2 rings (SSSR count). The average Bonchev–Trinajstić information content (AvgIpc) is 2.55. The number of hydrogen-bond acceptors (Lipinski definition) is 4. The van der Waals surface area contributed by atoms with Gasteiger partial charge in [0, 0.05) is 0 Å². The van der Waals surface area contributed by atoms with Crippen molar-refractivity contribution in [2.75, 3.05) is 7.11 Å². The Kier molecular flexibility index (Phi) is 5.52. The van der Waals surface area contributed by atoms with Gasteiger partial charge in [-0.25, -0.2) is 5.43 Å². The standard InChI is InChI=1S/C16H15ClN2O3/c1-22-14-8-7-11(9-13(14)17)10-18-19-16(21)15(20)12-5-3-2-4-6-12/h2-10,15,20H,1H3,(H,19,21)/t15-/m1/s1. The Morgan fingerprint density at radius 2 is 2.05 bits per heavy atom. The topological polar surface area (TPSA) is 70.9 Å². The summed E-state index contributed by atoms with van der Waals surface area (Å²) in [4.78, 5) is 11.8. The zero-order valence-electron chi connectivity index (χ0n) is 11.9. The van der Waals surface area contributed by atoms with E-state index in [2.05, 4.69) is 10.5 Å². The highest BCUT2D eigenvalue weighted by Crippen LogP contribution is 2.24. The Labute approximate surface area is 133 Å². The van der Waals surface area contributed by atoms with Gasteiger partial charge in [-0.05, 0) is 29.3 Å². The third-order valence-electron chi connectivity index (χ3n) is 2.93. The number of benzene rings is 2. The van der Waals surface area contributed by atoms with E-state index in [1.165, 1.54) is 13.3 Å². The van der Waals surface area contributed by atoms with Crippen LogP contribution in [-0.2, 0) is 4.79 Å². The van der Waals surface area contributed by atoms with E-state index in [0.29, 0.717) is 21.9 Å². The van der Waals surface area contributed by atoms with Gasteiger partial charge in [-0.3, -0.25) is 4.79 Å². The van der Waals surface area contributed by atoms with E-state index in [4.69, 9.17) is 16.3 Å². The van der Waals surface area contributed by atoms with Crippen molar-refractivity contribution in [3.63, 3.8) is 0 Å². The van der Waals surface area contributed by atoms with Crippen LogP contribution in [0.5, 0.6) is 5.75 Å². The summed E-state index contributed by atoms with van der Waals surface area (Å²) < 4.78 is 5.04. The summed E-state index contributed by atoms with van der Waals surface area (Å²) in [5.74, 6) is -0.0515. The quantitative estimate of drug-likeness (QED) is 0.657. The van der Waals surface area contributed by atoms with Gasteiger partial charge < -0.3 is 9.84 Å². The molecule has 6 heteroatoms. The van der Waals surface area contributed by atoms with Crippen LogP contribution in [0.2, 0.25) is 5.02 Å². The molecule has 22 heavy (non-hydrogen) atoms. The zero-order chi connectivity index (χ0) is 15.9. The number of halogens is 1. The SMILES string of the molecule is COc1ccc(C=NNC(=O)[C@H](O)c2ccccc2)cc1Cl. The Morgan fingerprint density at radius 1 is 1.32 bits per heavy atom. The van der Waals surface area contributed by atoms with Gasteiger partial charge in [0.2, 0.25) is 0 Å². The van der Waals surface area contributed by atoms with Crippen molar-refractivity contribution >= 4 is 23.7 Å². The van der Waals surface area contributed by atoms with Crippen molar-refractivity contribution in [3.8, 4) is 5.75 Å². The van der Waals surface area contributed by atoms with E-state index < -0.39 is 12.0 Å². The highest BCUT2D eigenvalue weighted by molar-refractivity contribution is 6.32. The summed E-state index contributed by atoms with van der Waals surface area (Å²) in [7, 11) is 1.53. The number of hydrogen-bond donors (Lipinski definition) is 2. The monoisotopic (exact) mass is 318 g/mol. The average molecular weight is 319 g/mol. The third-order valence-corrected chi connectivity index (χ3v) is 3.22. The lowest BCUT2D eigenvalue weighted by Gasteiger charge is -2.08. The number of aliphatic hydroxyl groups excluding tert-OH is 1. The summed E-state index contributed by atoms with van der Waals surface area (Å²) in [6, 6.07) is 13.7. The first-order valence-corrected chi connectivity index (χ1v) is 6.89. The molecule has 0 bridgehead atoms. The maximum Gasteiger partial charge on any atom is 0.273 e. The first-order valence-electron chi connectivity index (χ1n) is 6.51. The predicted molar refractivity (Wildman–Crippen MR) is 85.1 cm³/mol. The van der Waals surface area contributed by atoms with Crippen LogP contribution in [0.25, 0.3) is 0 Å². The molecule has 114 valence electrons. The summed E-state index contributed by atoms with van der Waals surface area (Å²) in [5, 5.41) is 14.1. The van der Waals surface area contributed by atoms with Crippen LogP contribution in [-0.4, -0.2) is 24.3 Å². The molecule has 0 aliphatic rings. The Hall–Kier alpha value is -2.37. The summed E-state index contributed by atoms with van der Waals surface area (Å²) in [5.41, 5.74) is 3.48. The number of carbonyl (C=O) groups is 1. The zero-order valence-corrected chi connectivity index (χ0v) is 12.6. The van der Waals surface area contributed by atoms with Crippen LogP contribution in [0.15, 0.2) is 53.6 Å². The van der Waals surface area contributed by atoms with Crippen molar-refractivity contribution in [2.24, 2.45) is 5.10 Å². The third kappa shape index (κ3) is 4.07. The van der Waals surface area contributed by atoms with Crippen molar-refractivity contribution in [1.29, 1.82) is 0 Å². The number of aliphatic hydroxyl groups is 1. The van der Waals surface area contributed by atoms with Gasteiger partial charge in [0.1, 0.15) is 5.75 Å². The lowest BCUT2D eigenvalue weighted by atomic mass is 10.1.